The molecule has 0 atom stereocenters. The van der Waals surface area contributed by atoms with E-state index in [1.165, 1.54) is 11.8 Å². The minimum Gasteiger partial charge on any atom is -0.384 e. The molecule has 0 radical (unpaired) electrons. The van der Waals surface area contributed by atoms with Crippen LogP contribution in [0.25, 0.3) is 0 Å². The summed E-state index contributed by atoms with van der Waals surface area (Å²) in [5.74, 6) is 0.843. The Balaban J connectivity index is 2.58. The van der Waals surface area contributed by atoms with Gasteiger partial charge in [0, 0.05) is 25.4 Å². The molecule has 1 amide bonds. The summed E-state index contributed by atoms with van der Waals surface area (Å²) in [6.45, 7) is 4.49. The molecule has 0 saturated carbocycles. The molecule has 6 heteroatoms. The first kappa shape index (κ1) is 12.8. The highest BCUT2D eigenvalue weighted by Crippen LogP contribution is 2.15. The van der Waals surface area contributed by atoms with E-state index in [4.69, 9.17) is 5.73 Å². The molecule has 0 fully saturated rings. The van der Waals surface area contributed by atoms with Gasteiger partial charge in [-0.25, -0.2) is 9.97 Å². The number of anilines is 1. The van der Waals surface area contributed by atoms with E-state index in [0.717, 1.165) is 5.69 Å². The Morgan fingerprint density at radius 2 is 2.25 bits per heavy atom. The van der Waals surface area contributed by atoms with Crippen LogP contribution in [-0.4, -0.2) is 40.1 Å². The molecule has 0 spiro atoms. The number of carbonyl (C=O) groups is 1. The molecular weight excluding hydrogens is 224 g/mol. The lowest BCUT2D eigenvalue weighted by Gasteiger charge is -2.13. The predicted molar refractivity (Wildman–Crippen MR) is 65.2 cm³/mol. The molecule has 88 valence electrons. The summed E-state index contributed by atoms with van der Waals surface area (Å²) in [6.07, 6.45) is 0. The second kappa shape index (κ2) is 5.69. The van der Waals surface area contributed by atoms with Crippen LogP contribution < -0.4 is 5.73 Å². The SMILES string of the molecule is CCN(C)C(=O)CSc1nc(C)cc(N)n1. The van der Waals surface area contributed by atoms with Gasteiger partial charge in [0.15, 0.2) is 5.16 Å². The van der Waals surface area contributed by atoms with Crippen LogP contribution >= 0.6 is 11.8 Å². The van der Waals surface area contributed by atoms with E-state index in [9.17, 15) is 4.79 Å². The number of amides is 1. The second-order valence-electron chi connectivity index (χ2n) is 3.41. The van der Waals surface area contributed by atoms with Crippen molar-refractivity contribution >= 4 is 23.5 Å². The molecule has 0 aliphatic heterocycles. The van der Waals surface area contributed by atoms with Gasteiger partial charge in [0.25, 0.3) is 0 Å². The van der Waals surface area contributed by atoms with E-state index in [2.05, 4.69) is 9.97 Å². The van der Waals surface area contributed by atoms with Gasteiger partial charge in [0.2, 0.25) is 5.91 Å². The number of nitrogens with zero attached hydrogens (tertiary/aromatic N) is 3. The standard InChI is InChI=1S/C10H16N4OS/c1-4-14(3)9(15)6-16-10-12-7(2)5-8(11)13-10/h5H,4,6H2,1-3H3,(H2,11,12,13). The highest BCUT2D eigenvalue weighted by atomic mass is 32.2. The topological polar surface area (TPSA) is 72.1 Å². The molecule has 0 saturated heterocycles. The maximum Gasteiger partial charge on any atom is 0.232 e. The fraction of sp³-hybridized carbons (Fsp3) is 0.500. The number of thioether (sulfide) groups is 1. The number of aromatic nitrogens is 2. The third kappa shape index (κ3) is 3.69. The third-order valence-electron chi connectivity index (χ3n) is 2.08. The third-order valence-corrected chi connectivity index (χ3v) is 2.91. The highest BCUT2D eigenvalue weighted by molar-refractivity contribution is 7.99. The Bertz CT molecular complexity index is 363. The molecule has 1 aromatic rings. The van der Waals surface area contributed by atoms with Crippen LogP contribution in [0.5, 0.6) is 0 Å². The van der Waals surface area contributed by atoms with Crippen molar-refractivity contribution in [3.05, 3.63) is 11.8 Å². The lowest BCUT2D eigenvalue weighted by atomic mass is 10.4. The molecule has 0 unspecified atom stereocenters. The van der Waals surface area contributed by atoms with Gasteiger partial charge in [-0.05, 0) is 13.8 Å². The van der Waals surface area contributed by atoms with E-state index >= 15 is 0 Å². The van der Waals surface area contributed by atoms with Crippen molar-refractivity contribution in [2.75, 3.05) is 25.1 Å². The molecule has 5 nitrogen and oxygen atoms in total. The Morgan fingerprint density at radius 3 is 2.81 bits per heavy atom. The molecule has 0 aliphatic carbocycles. The van der Waals surface area contributed by atoms with Gasteiger partial charge in [-0.15, -0.1) is 0 Å². The van der Waals surface area contributed by atoms with Crippen LogP contribution in [-0.2, 0) is 4.79 Å². The first-order chi connectivity index (χ1) is 7.52. The van der Waals surface area contributed by atoms with Crippen LogP contribution in [0, 0.1) is 6.92 Å². The maximum absolute atomic E-state index is 11.5. The smallest absolute Gasteiger partial charge is 0.232 e. The summed E-state index contributed by atoms with van der Waals surface area (Å²) < 4.78 is 0. The quantitative estimate of drug-likeness (QED) is 0.626. The van der Waals surface area contributed by atoms with Gasteiger partial charge >= 0.3 is 0 Å². The van der Waals surface area contributed by atoms with Crippen LogP contribution in [0.4, 0.5) is 5.82 Å². The number of carbonyl (C=O) groups excluding carboxylic acids is 1. The molecule has 0 aromatic carbocycles. The van der Waals surface area contributed by atoms with Crippen molar-refractivity contribution in [3.63, 3.8) is 0 Å². The minimum atomic E-state index is 0.0659. The van der Waals surface area contributed by atoms with Crippen molar-refractivity contribution in [2.45, 2.75) is 19.0 Å². The Labute approximate surface area is 99.4 Å². The first-order valence-electron chi connectivity index (χ1n) is 5.01. The summed E-state index contributed by atoms with van der Waals surface area (Å²) in [5.41, 5.74) is 6.40. The summed E-state index contributed by atoms with van der Waals surface area (Å²) in [7, 11) is 1.77. The van der Waals surface area contributed by atoms with Crippen LogP contribution in [0.2, 0.25) is 0 Å². The fourth-order valence-electron chi connectivity index (χ4n) is 1.04. The van der Waals surface area contributed by atoms with E-state index < -0.39 is 0 Å². The minimum absolute atomic E-state index is 0.0659. The molecule has 1 heterocycles. The molecule has 0 bridgehead atoms. The zero-order valence-corrected chi connectivity index (χ0v) is 10.5. The van der Waals surface area contributed by atoms with Gasteiger partial charge in [0.05, 0.1) is 5.75 Å². The van der Waals surface area contributed by atoms with Crippen molar-refractivity contribution in [3.8, 4) is 0 Å². The average molecular weight is 240 g/mol. The van der Waals surface area contributed by atoms with Gasteiger partial charge < -0.3 is 10.6 Å². The van der Waals surface area contributed by atoms with E-state index in [0.29, 0.717) is 23.3 Å². The van der Waals surface area contributed by atoms with Gasteiger partial charge in [0.1, 0.15) is 5.82 Å². The van der Waals surface area contributed by atoms with Gasteiger partial charge in [-0.2, -0.15) is 0 Å². The zero-order chi connectivity index (χ0) is 12.1. The molecule has 2 N–H and O–H groups in total. The highest BCUT2D eigenvalue weighted by Gasteiger charge is 2.09. The van der Waals surface area contributed by atoms with E-state index in [1.54, 1.807) is 18.0 Å². The average Bonchev–Trinajstić information content (AvgIpc) is 2.23. The largest absolute Gasteiger partial charge is 0.384 e. The maximum atomic E-state index is 11.5. The number of nitrogen functional groups attached to an aromatic ring is 1. The van der Waals surface area contributed by atoms with Crippen LogP contribution in [0.3, 0.4) is 0 Å². The van der Waals surface area contributed by atoms with Crippen LogP contribution in [0.15, 0.2) is 11.2 Å². The lowest BCUT2D eigenvalue weighted by Crippen LogP contribution is -2.27. The molecule has 16 heavy (non-hydrogen) atoms. The normalized spacial score (nSPS) is 10.2. The predicted octanol–water partition coefficient (Wildman–Crippen LogP) is 0.938. The molecule has 1 rings (SSSR count). The molecule has 0 aliphatic rings. The fourth-order valence-corrected chi connectivity index (χ4v) is 1.89. The van der Waals surface area contributed by atoms with Gasteiger partial charge in [-0.1, -0.05) is 11.8 Å². The number of hydrogen-bond acceptors (Lipinski definition) is 5. The summed E-state index contributed by atoms with van der Waals surface area (Å²) in [6, 6.07) is 1.70. The van der Waals surface area contributed by atoms with E-state index in [1.807, 2.05) is 13.8 Å². The Morgan fingerprint density at radius 1 is 1.56 bits per heavy atom. The number of rotatable bonds is 4. The Kier molecular flexibility index (Phi) is 4.54. The monoisotopic (exact) mass is 240 g/mol. The summed E-state index contributed by atoms with van der Waals surface area (Å²) in [4.78, 5) is 21.4. The van der Waals surface area contributed by atoms with Crippen molar-refractivity contribution < 1.29 is 4.79 Å². The lowest BCUT2D eigenvalue weighted by molar-refractivity contribution is -0.126. The van der Waals surface area contributed by atoms with Crippen molar-refractivity contribution in [1.82, 2.24) is 14.9 Å². The summed E-state index contributed by atoms with van der Waals surface area (Å²) >= 11 is 1.31. The van der Waals surface area contributed by atoms with E-state index in [-0.39, 0.29) is 5.91 Å². The zero-order valence-electron chi connectivity index (χ0n) is 9.73. The summed E-state index contributed by atoms with van der Waals surface area (Å²) in [5, 5.41) is 0.551. The van der Waals surface area contributed by atoms with Crippen molar-refractivity contribution in [2.24, 2.45) is 0 Å². The van der Waals surface area contributed by atoms with Crippen LogP contribution in [0.1, 0.15) is 12.6 Å². The van der Waals surface area contributed by atoms with Crippen molar-refractivity contribution in [1.29, 1.82) is 0 Å². The first-order valence-corrected chi connectivity index (χ1v) is 5.99. The Hall–Kier alpha value is -1.30. The number of nitrogens with two attached hydrogens (primary N) is 1. The number of hydrogen-bond donors (Lipinski definition) is 1. The second-order valence-corrected chi connectivity index (χ2v) is 4.36. The van der Waals surface area contributed by atoms with Gasteiger partial charge in [-0.3, -0.25) is 4.79 Å². The molecular formula is C10H16N4OS. The number of aryl methyl sites for hydroxylation is 1. The molecule has 1 aromatic heterocycles.